The van der Waals surface area contributed by atoms with Crippen molar-refractivity contribution < 1.29 is 28.6 Å². The number of esters is 1. The average molecular weight is 523 g/mol. The van der Waals surface area contributed by atoms with E-state index in [0.29, 0.717) is 42.7 Å². The van der Waals surface area contributed by atoms with E-state index in [-0.39, 0.29) is 19.2 Å². The number of piperazine rings is 1. The van der Waals surface area contributed by atoms with Crippen molar-refractivity contribution in [3.05, 3.63) is 65.9 Å². The molecule has 0 spiro atoms. The zero-order valence-corrected chi connectivity index (χ0v) is 22.3. The number of aromatic nitrogens is 2. The molecule has 2 heterocycles. The van der Waals surface area contributed by atoms with Crippen LogP contribution in [-0.4, -0.2) is 76.1 Å². The number of methoxy groups -OCH3 is 1. The Morgan fingerprint density at radius 2 is 1.68 bits per heavy atom. The van der Waals surface area contributed by atoms with Gasteiger partial charge in [-0.15, -0.1) is 0 Å². The van der Waals surface area contributed by atoms with Crippen molar-refractivity contribution in [2.24, 2.45) is 0 Å². The van der Waals surface area contributed by atoms with Crippen LogP contribution in [0.25, 0.3) is 10.9 Å². The third kappa shape index (κ3) is 6.42. The Bertz CT molecular complexity index is 1280. The molecular weight excluding hydrogens is 488 g/mol. The number of benzene rings is 2. The minimum Gasteiger partial charge on any atom is -0.464 e. The van der Waals surface area contributed by atoms with Crippen molar-refractivity contribution in [1.29, 1.82) is 0 Å². The van der Waals surface area contributed by atoms with E-state index < -0.39 is 23.8 Å². The van der Waals surface area contributed by atoms with E-state index in [4.69, 9.17) is 14.2 Å². The topological polar surface area (TPSA) is 103 Å². The van der Waals surface area contributed by atoms with Crippen molar-refractivity contribution >= 4 is 29.1 Å². The SMILES string of the molecule is COC(=O)c1c2ccccc2nn1CC[C@@H]1CN(C(=O)OCc2ccccc2)CCN1C(=O)OC(C)(C)C. The number of fused-ring (bicyclic) bond motifs is 1. The molecule has 0 unspecified atom stereocenters. The fourth-order valence-electron chi connectivity index (χ4n) is 4.47. The smallest absolute Gasteiger partial charge is 0.410 e. The number of hydrogen-bond acceptors (Lipinski definition) is 7. The second-order valence-corrected chi connectivity index (χ2v) is 10.2. The lowest BCUT2D eigenvalue weighted by molar-refractivity contribution is -0.00522. The largest absolute Gasteiger partial charge is 0.464 e. The summed E-state index contributed by atoms with van der Waals surface area (Å²) in [5.41, 5.74) is 1.25. The number of nitrogens with zero attached hydrogens (tertiary/aromatic N) is 4. The van der Waals surface area contributed by atoms with Crippen LogP contribution < -0.4 is 0 Å². The minimum absolute atomic E-state index is 0.166. The maximum Gasteiger partial charge on any atom is 0.410 e. The lowest BCUT2D eigenvalue weighted by Crippen LogP contribution is -2.57. The lowest BCUT2D eigenvalue weighted by Gasteiger charge is -2.41. The van der Waals surface area contributed by atoms with Gasteiger partial charge in [0, 0.05) is 31.6 Å². The predicted octanol–water partition coefficient (Wildman–Crippen LogP) is 4.47. The molecule has 4 rings (SSSR count). The first-order chi connectivity index (χ1) is 18.2. The van der Waals surface area contributed by atoms with Gasteiger partial charge < -0.3 is 24.0 Å². The van der Waals surface area contributed by atoms with Gasteiger partial charge in [0.2, 0.25) is 0 Å². The van der Waals surface area contributed by atoms with Crippen LogP contribution in [-0.2, 0) is 27.4 Å². The zero-order chi connectivity index (χ0) is 27.3. The molecule has 1 aliphatic rings. The fourth-order valence-corrected chi connectivity index (χ4v) is 4.47. The van der Waals surface area contributed by atoms with Gasteiger partial charge in [0.1, 0.15) is 12.2 Å². The van der Waals surface area contributed by atoms with Gasteiger partial charge in [-0.1, -0.05) is 48.5 Å². The van der Waals surface area contributed by atoms with Crippen molar-refractivity contribution in [1.82, 2.24) is 19.6 Å². The number of ether oxygens (including phenoxy) is 3. The number of rotatable bonds is 6. The second kappa shape index (κ2) is 11.5. The van der Waals surface area contributed by atoms with Gasteiger partial charge in [0.05, 0.1) is 18.7 Å². The van der Waals surface area contributed by atoms with Crippen molar-refractivity contribution in [3.8, 4) is 0 Å². The van der Waals surface area contributed by atoms with Crippen molar-refractivity contribution in [2.45, 2.75) is 52.0 Å². The molecule has 1 saturated heterocycles. The molecule has 0 bridgehead atoms. The van der Waals surface area contributed by atoms with E-state index in [0.717, 1.165) is 5.56 Å². The molecule has 2 amide bonds. The first kappa shape index (κ1) is 27.0. The Morgan fingerprint density at radius 1 is 0.974 bits per heavy atom. The highest BCUT2D eigenvalue weighted by atomic mass is 16.6. The summed E-state index contributed by atoms with van der Waals surface area (Å²) in [6.45, 7) is 6.82. The second-order valence-electron chi connectivity index (χ2n) is 10.2. The Hall–Kier alpha value is -4.08. The molecule has 0 saturated carbocycles. The van der Waals surface area contributed by atoms with Crippen molar-refractivity contribution in [3.63, 3.8) is 0 Å². The molecular formula is C28H34N4O6. The molecule has 10 nitrogen and oxygen atoms in total. The number of amides is 2. The van der Waals surface area contributed by atoms with E-state index in [2.05, 4.69) is 5.10 Å². The Kier molecular flexibility index (Phi) is 8.19. The fraction of sp³-hybridized carbons (Fsp3) is 0.429. The van der Waals surface area contributed by atoms with Crippen LogP contribution >= 0.6 is 0 Å². The van der Waals surface area contributed by atoms with Gasteiger partial charge in [-0.3, -0.25) is 4.68 Å². The third-order valence-corrected chi connectivity index (χ3v) is 6.27. The van der Waals surface area contributed by atoms with Gasteiger partial charge in [-0.2, -0.15) is 5.10 Å². The standard InChI is InChI=1S/C28H34N4O6/c1-28(2,3)38-27(35)31-17-16-30(26(34)37-19-20-10-6-5-7-11-20)18-21(31)14-15-32-24(25(33)36-4)22-12-8-9-13-23(22)29-32/h5-13,21H,14-19H2,1-4H3/t21-/m1/s1. The van der Waals surface area contributed by atoms with E-state index in [1.807, 2.05) is 75.4 Å². The summed E-state index contributed by atoms with van der Waals surface area (Å²) in [6, 6.07) is 16.4. The van der Waals surface area contributed by atoms with Crippen LogP contribution in [0.15, 0.2) is 54.6 Å². The van der Waals surface area contributed by atoms with Gasteiger partial charge in [0.25, 0.3) is 0 Å². The first-order valence-electron chi connectivity index (χ1n) is 12.7. The van der Waals surface area contributed by atoms with Gasteiger partial charge in [0.15, 0.2) is 5.69 Å². The molecule has 3 aromatic rings. The Balaban J connectivity index is 1.51. The number of carbonyl (C=O) groups is 3. The number of hydrogen-bond donors (Lipinski definition) is 0. The summed E-state index contributed by atoms with van der Waals surface area (Å²) in [5.74, 6) is -0.488. The molecule has 38 heavy (non-hydrogen) atoms. The summed E-state index contributed by atoms with van der Waals surface area (Å²) in [6.07, 6.45) is -0.457. The molecule has 2 aromatic carbocycles. The highest BCUT2D eigenvalue weighted by Crippen LogP contribution is 2.23. The normalized spacial score (nSPS) is 15.8. The van der Waals surface area contributed by atoms with Crippen LogP contribution in [0.3, 0.4) is 0 Å². The summed E-state index contributed by atoms with van der Waals surface area (Å²) in [7, 11) is 1.33. The minimum atomic E-state index is -0.662. The maximum absolute atomic E-state index is 13.1. The van der Waals surface area contributed by atoms with E-state index in [9.17, 15) is 14.4 Å². The van der Waals surface area contributed by atoms with Crippen LogP contribution in [0.2, 0.25) is 0 Å². The molecule has 1 aliphatic heterocycles. The Labute approximate surface area is 222 Å². The van der Waals surface area contributed by atoms with Crippen LogP contribution in [0.5, 0.6) is 0 Å². The summed E-state index contributed by atoms with van der Waals surface area (Å²) >= 11 is 0. The summed E-state index contributed by atoms with van der Waals surface area (Å²) in [5, 5.41) is 5.28. The van der Waals surface area contributed by atoms with Gasteiger partial charge in [-0.25, -0.2) is 14.4 Å². The molecule has 202 valence electrons. The average Bonchev–Trinajstić information content (AvgIpc) is 3.28. The molecule has 0 aliphatic carbocycles. The maximum atomic E-state index is 13.1. The first-order valence-corrected chi connectivity index (χ1v) is 12.7. The monoisotopic (exact) mass is 522 g/mol. The highest BCUT2D eigenvalue weighted by Gasteiger charge is 2.35. The third-order valence-electron chi connectivity index (χ3n) is 6.27. The van der Waals surface area contributed by atoms with Crippen molar-refractivity contribution in [2.75, 3.05) is 26.7 Å². The summed E-state index contributed by atoms with van der Waals surface area (Å²) < 4.78 is 17.8. The molecule has 1 atom stereocenters. The van der Waals surface area contributed by atoms with E-state index >= 15 is 0 Å². The molecule has 1 aromatic heterocycles. The molecule has 0 radical (unpaired) electrons. The number of aryl methyl sites for hydroxylation is 1. The van der Waals surface area contributed by atoms with Gasteiger partial charge in [-0.05, 0) is 38.8 Å². The van der Waals surface area contributed by atoms with Crippen LogP contribution in [0.1, 0.15) is 43.2 Å². The van der Waals surface area contributed by atoms with Crippen LogP contribution in [0.4, 0.5) is 9.59 Å². The molecule has 1 fully saturated rings. The highest BCUT2D eigenvalue weighted by molar-refractivity contribution is 6.02. The zero-order valence-electron chi connectivity index (χ0n) is 22.3. The number of carbonyl (C=O) groups excluding carboxylic acids is 3. The quantitative estimate of drug-likeness (QED) is 0.348. The van der Waals surface area contributed by atoms with E-state index in [1.165, 1.54) is 7.11 Å². The Morgan fingerprint density at radius 3 is 2.39 bits per heavy atom. The lowest BCUT2D eigenvalue weighted by atomic mass is 10.1. The van der Waals surface area contributed by atoms with Crippen LogP contribution in [0, 0.1) is 0 Å². The van der Waals surface area contributed by atoms with Gasteiger partial charge >= 0.3 is 18.2 Å². The van der Waals surface area contributed by atoms with E-state index in [1.54, 1.807) is 14.5 Å². The summed E-state index contributed by atoms with van der Waals surface area (Å²) in [4.78, 5) is 41.8. The predicted molar refractivity (Wildman–Crippen MR) is 141 cm³/mol. The molecule has 10 heteroatoms. The molecule has 0 N–H and O–H groups in total.